The van der Waals surface area contributed by atoms with Gasteiger partial charge in [-0.3, -0.25) is 0 Å². The van der Waals surface area contributed by atoms with Gasteiger partial charge in [-0.2, -0.15) is 0 Å². The van der Waals surface area contributed by atoms with E-state index in [1.807, 2.05) is 0 Å². The SMILES string of the molecule is NS(=O)(=O)Cc1cccc(Cl)c1F. The predicted molar refractivity (Wildman–Crippen MR) is 48.2 cm³/mol. The highest BCUT2D eigenvalue weighted by atomic mass is 35.5. The third kappa shape index (κ3) is 2.95. The van der Waals surface area contributed by atoms with Crippen molar-refractivity contribution < 1.29 is 12.8 Å². The summed E-state index contributed by atoms with van der Waals surface area (Å²) in [6, 6.07) is 4.13. The Morgan fingerprint density at radius 1 is 1.46 bits per heavy atom. The zero-order valence-corrected chi connectivity index (χ0v) is 8.07. The van der Waals surface area contributed by atoms with Crippen LogP contribution in [0.25, 0.3) is 0 Å². The van der Waals surface area contributed by atoms with E-state index in [4.69, 9.17) is 16.7 Å². The number of hydrogen-bond acceptors (Lipinski definition) is 2. The highest BCUT2D eigenvalue weighted by molar-refractivity contribution is 7.88. The highest BCUT2D eigenvalue weighted by Gasteiger charge is 2.11. The molecule has 0 spiro atoms. The molecule has 0 bridgehead atoms. The first-order chi connectivity index (χ1) is 5.90. The van der Waals surface area contributed by atoms with Gasteiger partial charge in [0.1, 0.15) is 5.82 Å². The van der Waals surface area contributed by atoms with E-state index in [1.165, 1.54) is 18.2 Å². The van der Waals surface area contributed by atoms with Crippen LogP contribution in [0.15, 0.2) is 18.2 Å². The van der Waals surface area contributed by atoms with Gasteiger partial charge in [0.2, 0.25) is 10.0 Å². The number of halogens is 2. The van der Waals surface area contributed by atoms with Gasteiger partial charge < -0.3 is 0 Å². The van der Waals surface area contributed by atoms with Crippen molar-refractivity contribution in [3.63, 3.8) is 0 Å². The second-order valence-corrected chi connectivity index (χ2v) is 4.54. The van der Waals surface area contributed by atoms with Crippen LogP contribution in [0.3, 0.4) is 0 Å². The molecule has 0 aliphatic heterocycles. The van der Waals surface area contributed by atoms with Crippen LogP contribution in [0.2, 0.25) is 5.02 Å². The van der Waals surface area contributed by atoms with Gasteiger partial charge in [-0.05, 0) is 6.07 Å². The van der Waals surface area contributed by atoms with Gasteiger partial charge in [-0.1, -0.05) is 23.7 Å². The number of benzene rings is 1. The first-order valence-corrected chi connectivity index (χ1v) is 5.43. The van der Waals surface area contributed by atoms with Crippen LogP contribution in [-0.4, -0.2) is 8.42 Å². The topological polar surface area (TPSA) is 60.2 Å². The summed E-state index contributed by atoms with van der Waals surface area (Å²) < 4.78 is 34.3. The van der Waals surface area contributed by atoms with Crippen LogP contribution in [0.1, 0.15) is 5.56 Å². The van der Waals surface area contributed by atoms with Crippen molar-refractivity contribution in [2.45, 2.75) is 5.75 Å². The summed E-state index contributed by atoms with van der Waals surface area (Å²) in [5.41, 5.74) is -0.0185. The fourth-order valence-electron chi connectivity index (χ4n) is 0.877. The van der Waals surface area contributed by atoms with Gasteiger partial charge in [-0.15, -0.1) is 0 Å². The van der Waals surface area contributed by atoms with Crippen molar-refractivity contribution in [1.29, 1.82) is 0 Å². The standard InChI is InChI=1S/C7H7ClFNO2S/c8-6-3-1-2-5(7(6)9)4-13(10,11)12/h1-3H,4H2,(H2,10,11,12). The fourth-order valence-corrected chi connectivity index (χ4v) is 1.73. The number of rotatable bonds is 2. The first kappa shape index (κ1) is 10.4. The molecule has 72 valence electrons. The normalized spacial score (nSPS) is 11.6. The molecule has 0 radical (unpaired) electrons. The maximum Gasteiger partial charge on any atom is 0.213 e. The van der Waals surface area contributed by atoms with E-state index in [-0.39, 0.29) is 10.6 Å². The van der Waals surface area contributed by atoms with E-state index in [0.717, 1.165) is 0 Å². The van der Waals surface area contributed by atoms with Gasteiger partial charge in [0.15, 0.2) is 0 Å². The summed E-state index contributed by atoms with van der Waals surface area (Å²) in [6.07, 6.45) is 0. The maximum atomic E-state index is 13.1. The summed E-state index contributed by atoms with van der Waals surface area (Å²) in [7, 11) is -3.72. The molecule has 13 heavy (non-hydrogen) atoms. The lowest BCUT2D eigenvalue weighted by Gasteiger charge is -2.01. The molecule has 0 heterocycles. The molecular formula is C7H7ClFNO2S. The van der Waals surface area contributed by atoms with Gasteiger partial charge in [0.25, 0.3) is 0 Å². The van der Waals surface area contributed by atoms with Crippen molar-refractivity contribution in [3.05, 3.63) is 34.6 Å². The van der Waals surface area contributed by atoms with Gasteiger partial charge in [-0.25, -0.2) is 17.9 Å². The van der Waals surface area contributed by atoms with Crippen LogP contribution in [0.4, 0.5) is 4.39 Å². The van der Waals surface area contributed by atoms with E-state index in [1.54, 1.807) is 0 Å². The van der Waals surface area contributed by atoms with Crippen molar-refractivity contribution in [2.75, 3.05) is 0 Å². The van der Waals surface area contributed by atoms with Crippen LogP contribution < -0.4 is 5.14 Å². The van der Waals surface area contributed by atoms with Gasteiger partial charge in [0.05, 0.1) is 10.8 Å². The lowest BCUT2D eigenvalue weighted by atomic mass is 10.2. The number of sulfonamides is 1. The molecule has 0 saturated carbocycles. The lowest BCUT2D eigenvalue weighted by Crippen LogP contribution is -2.15. The Hall–Kier alpha value is -0.650. The highest BCUT2D eigenvalue weighted by Crippen LogP contribution is 2.18. The number of nitrogens with two attached hydrogens (primary N) is 1. The fraction of sp³-hybridized carbons (Fsp3) is 0.143. The average molecular weight is 224 g/mol. The molecule has 1 rings (SSSR count). The summed E-state index contributed by atoms with van der Waals surface area (Å²) in [5.74, 6) is -1.28. The van der Waals surface area contributed by atoms with E-state index < -0.39 is 21.6 Å². The molecule has 0 unspecified atom stereocenters. The molecule has 0 fully saturated rings. The van der Waals surface area contributed by atoms with E-state index in [2.05, 4.69) is 0 Å². The molecule has 1 aromatic rings. The third-order valence-electron chi connectivity index (χ3n) is 1.39. The Kier molecular flexibility index (Phi) is 2.90. The van der Waals surface area contributed by atoms with E-state index in [9.17, 15) is 12.8 Å². The Morgan fingerprint density at radius 2 is 2.08 bits per heavy atom. The minimum absolute atomic E-state index is 0.0185. The van der Waals surface area contributed by atoms with Crippen LogP contribution in [0.5, 0.6) is 0 Å². The summed E-state index contributed by atoms with van der Waals surface area (Å²) in [4.78, 5) is 0. The van der Waals surface area contributed by atoms with E-state index >= 15 is 0 Å². The van der Waals surface area contributed by atoms with E-state index in [0.29, 0.717) is 0 Å². The van der Waals surface area contributed by atoms with Gasteiger partial charge in [0, 0.05) is 5.56 Å². The average Bonchev–Trinajstić information content (AvgIpc) is 1.96. The molecular weight excluding hydrogens is 217 g/mol. The van der Waals surface area contributed by atoms with Crippen LogP contribution in [0, 0.1) is 5.82 Å². The molecule has 3 nitrogen and oxygen atoms in total. The molecule has 2 N–H and O–H groups in total. The third-order valence-corrected chi connectivity index (χ3v) is 2.39. The van der Waals surface area contributed by atoms with Crippen molar-refractivity contribution in [1.82, 2.24) is 0 Å². The van der Waals surface area contributed by atoms with Crippen molar-refractivity contribution >= 4 is 21.6 Å². The minimum Gasteiger partial charge on any atom is -0.228 e. The summed E-state index contributed by atoms with van der Waals surface area (Å²) >= 11 is 5.43. The number of primary sulfonamides is 1. The quantitative estimate of drug-likeness (QED) is 0.821. The number of hydrogen-bond donors (Lipinski definition) is 1. The van der Waals surface area contributed by atoms with Crippen molar-refractivity contribution in [2.24, 2.45) is 5.14 Å². The second-order valence-electron chi connectivity index (χ2n) is 2.52. The predicted octanol–water partition coefficient (Wildman–Crippen LogP) is 1.27. The molecule has 0 aliphatic rings. The minimum atomic E-state index is -3.72. The molecule has 6 heteroatoms. The Balaban J connectivity index is 3.10. The summed E-state index contributed by atoms with van der Waals surface area (Å²) in [6.45, 7) is 0. The van der Waals surface area contributed by atoms with Gasteiger partial charge >= 0.3 is 0 Å². The molecule has 0 amide bonds. The Morgan fingerprint density at radius 3 is 2.62 bits per heavy atom. The van der Waals surface area contributed by atoms with Crippen molar-refractivity contribution in [3.8, 4) is 0 Å². The first-order valence-electron chi connectivity index (χ1n) is 3.33. The molecule has 0 aromatic heterocycles. The molecule has 0 saturated heterocycles. The Bertz CT molecular complexity index is 419. The zero-order valence-electron chi connectivity index (χ0n) is 6.50. The van der Waals surface area contributed by atoms with Crippen LogP contribution in [-0.2, 0) is 15.8 Å². The Labute approximate surface area is 80.4 Å². The second kappa shape index (κ2) is 3.61. The molecule has 1 aromatic carbocycles. The largest absolute Gasteiger partial charge is 0.228 e. The zero-order chi connectivity index (χ0) is 10.1. The summed E-state index contributed by atoms with van der Waals surface area (Å²) in [5, 5.41) is 4.64. The smallest absolute Gasteiger partial charge is 0.213 e. The molecule has 0 atom stereocenters. The monoisotopic (exact) mass is 223 g/mol. The molecule has 0 aliphatic carbocycles. The maximum absolute atomic E-state index is 13.1. The lowest BCUT2D eigenvalue weighted by molar-refractivity contribution is 0.588. The van der Waals surface area contributed by atoms with Crippen LogP contribution >= 0.6 is 11.6 Å².